The maximum atomic E-state index is 5.97. The van der Waals surface area contributed by atoms with Crippen LogP contribution < -0.4 is 5.32 Å². The van der Waals surface area contributed by atoms with Crippen LogP contribution in [-0.2, 0) is 4.74 Å². The van der Waals surface area contributed by atoms with Crippen molar-refractivity contribution in [1.29, 1.82) is 0 Å². The zero-order chi connectivity index (χ0) is 15.2. The van der Waals surface area contributed by atoms with Crippen LogP contribution in [0.4, 0.5) is 0 Å². The van der Waals surface area contributed by atoms with Gasteiger partial charge in [-0.05, 0) is 37.8 Å². The lowest BCUT2D eigenvalue weighted by Crippen LogP contribution is -2.23. The molecule has 0 radical (unpaired) electrons. The van der Waals surface area contributed by atoms with E-state index < -0.39 is 0 Å². The number of hydrogen-bond acceptors (Lipinski definition) is 3. The van der Waals surface area contributed by atoms with Gasteiger partial charge in [0.25, 0.3) is 0 Å². The highest BCUT2D eigenvalue weighted by Crippen LogP contribution is 2.28. The van der Waals surface area contributed by atoms with Crippen molar-refractivity contribution in [3.8, 4) is 0 Å². The average molecular weight is 289 g/mol. The molecule has 1 aromatic heterocycles. The Morgan fingerprint density at radius 2 is 1.90 bits per heavy atom. The zero-order valence-corrected chi connectivity index (χ0v) is 13.6. The summed E-state index contributed by atoms with van der Waals surface area (Å²) in [6, 6.07) is 8.39. The van der Waals surface area contributed by atoms with E-state index in [-0.39, 0.29) is 6.04 Å². The number of aryl methyl sites for hydroxylation is 1. The molecule has 21 heavy (non-hydrogen) atoms. The Morgan fingerprint density at radius 1 is 1.14 bits per heavy atom. The largest absolute Gasteiger partial charge is 0.459 e. The summed E-state index contributed by atoms with van der Waals surface area (Å²) in [5.41, 5.74) is 2.19. The quantitative estimate of drug-likeness (QED) is 0.729. The van der Waals surface area contributed by atoms with Crippen LogP contribution in [0.5, 0.6) is 0 Å². The lowest BCUT2D eigenvalue weighted by molar-refractivity contribution is 0.123. The summed E-state index contributed by atoms with van der Waals surface area (Å²) in [6.07, 6.45) is 1.12. The van der Waals surface area contributed by atoms with Crippen molar-refractivity contribution in [3.63, 3.8) is 0 Å². The number of ether oxygens (including phenoxy) is 1. The molecule has 1 atom stereocenters. The normalized spacial score (nSPS) is 13.2. The number of para-hydroxylation sites is 1. The fourth-order valence-corrected chi connectivity index (χ4v) is 2.47. The summed E-state index contributed by atoms with van der Waals surface area (Å²) in [6.45, 7) is 11.1. The van der Waals surface area contributed by atoms with E-state index in [4.69, 9.17) is 9.15 Å². The minimum atomic E-state index is 0.200. The van der Waals surface area contributed by atoms with Gasteiger partial charge in [0.2, 0.25) is 0 Å². The van der Waals surface area contributed by atoms with Gasteiger partial charge in [0.15, 0.2) is 0 Å². The van der Waals surface area contributed by atoms with Crippen molar-refractivity contribution in [2.45, 2.75) is 40.2 Å². The van der Waals surface area contributed by atoms with E-state index in [0.717, 1.165) is 37.5 Å². The molecule has 1 N–H and O–H groups in total. The van der Waals surface area contributed by atoms with Gasteiger partial charge in [-0.1, -0.05) is 32.0 Å². The Labute approximate surface area is 127 Å². The fraction of sp³-hybridized carbons (Fsp3) is 0.556. The molecule has 0 aliphatic rings. The Bertz CT molecular complexity index is 559. The van der Waals surface area contributed by atoms with E-state index in [0.29, 0.717) is 5.92 Å². The van der Waals surface area contributed by atoms with Gasteiger partial charge in [-0.15, -0.1) is 0 Å². The van der Waals surface area contributed by atoms with Gasteiger partial charge < -0.3 is 14.5 Å². The second-order valence-corrected chi connectivity index (χ2v) is 6.06. The molecular weight excluding hydrogens is 262 g/mol. The molecule has 116 valence electrons. The molecule has 0 saturated heterocycles. The van der Waals surface area contributed by atoms with E-state index in [1.807, 2.05) is 12.1 Å². The lowest BCUT2D eigenvalue weighted by Gasteiger charge is -2.13. The van der Waals surface area contributed by atoms with E-state index in [1.165, 1.54) is 10.9 Å². The predicted octanol–water partition coefficient (Wildman–Crippen LogP) is 4.45. The molecule has 0 spiro atoms. The van der Waals surface area contributed by atoms with Crippen molar-refractivity contribution >= 4 is 11.0 Å². The molecule has 1 heterocycles. The summed E-state index contributed by atoms with van der Waals surface area (Å²) in [7, 11) is 0. The molecular formula is C18H27NO2. The zero-order valence-electron chi connectivity index (χ0n) is 13.6. The minimum Gasteiger partial charge on any atom is -0.459 e. The van der Waals surface area contributed by atoms with Crippen LogP contribution >= 0.6 is 0 Å². The maximum absolute atomic E-state index is 5.97. The average Bonchev–Trinajstić information content (AvgIpc) is 2.80. The Kier molecular flexibility index (Phi) is 5.83. The summed E-state index contributed by atoms with van der Waals surface area (Å²) in [4.78, 5) is 0. The SMILES string of the molecule is Cc1c(C(C)NCCOCCC(C)C)oc2ccccc12. The number of furan rings is 1. The highest BCUT2D eigenvalue weighted by molar-refractivity contribution is 5.82. The van der Waals surface area contributed by atoms with E-state index in [9.17, 15) is 0 Å². The molecule has 0 bridgehead atoms. The first-order chi connectivity index (χ1) is 10.1. The highest BCUT2D eigenvalue weighted by atomic mass is 16.5. The second-order valence-electron chi connectivity index (χ2n) is 6.06. The smallest absolute Gasteiger partial charge is 0.134 e. The predicted molar refractivity (Wildman–Crippen MR) is 87.6 cm³/mol. The molecule has 3 heteroatoms. The number of benzene rings is 1. The molecule has 0 aliphatic carbocycles. The van der Waals surface area contributed by atoms with Crippen LogP contribution in [0.1, 0.15) is 44.6 Å². The van der Waals surface area contributed by atoms with Gasteiger partial charge in [-0.3, -0.25) is 0 Å². The van der Waals surface area contributed by atoms with Crippen molar-refractivity contribution in [2.75, 3.05) is 19.8 Å². The van der Waals surface area contributed by atoms with Gasteiger partial charge in [0.1, 0.15) is 11.3 Å². The fourth-order valence-electron chi connectivity index (χ4n) is 2.47. The first kappa shape index (κ1) is 16.1. The molecule has 2 aromatic rings. The summed E-state index contributed by atoms with van der Waals surface area (Å²) in [5.74, 6) is 1.73. The van der Waals surface area contributed by atoms with E-state index in [2.05, 4.69) is 45.1 Å². The first-order valence-corrected chi connectivity index (χ1v) is 7.88. The van der Waals surface area contributed by atoms with Crippen molar-refractivity contribution < 1.29 is 9.15 Å². The van der Waals surface area contributed by atoms with Crippen molar-refractivity contribution in [1.82, 2.24) is 5.32 Å². The molecule has 3 nitrogen and oxygen atoms in total. The monoisotopic (exact) mass is 289 g/mol. The summed E-state index contributed by atoms with van der Waals surface area (Å²) >= 11 is 0. The highest BCUT2D eigenvalue weighted by Gasteiger charge is 2.15. The first-order valence-electron chi connectivity index (χ1n) is 7.88. The third kappa shape index (κ3) is 4.32. The van der Waals surface area contributed by atoms with Gasteiger partial charge in [-0.25, -0.2) is 0 Å². The van der Waals surface area contributed by atoms with Gasteiger partial charge in [0, 0.05) is 18.5 Å². The number of rotatable bonds is 8. The number of hydrogen-bond donors (Lipinski definition) is 1. The van der Waals surface area contributed by atoms with Gasteiger partial charge >= 0.3 is 0 Å². The van der Waals surface area contributed by atoms with Crippen molar-refractivity contribution in [2.24, 2.45) is 5.92 Å². The lowest BCUT2D eigenvalue weighted by atomic mass is 10.1. The summed E-state index contributed by atoms with van der Waals surface area (Å²) in [5, 5.41) is 4.67. The van der Waals surface area contributed by atoms with Crippen molar-refractivity contribution in [3.05, 3.63) is 35.6 Å². The molecule has 1 unspecified atom stereocenters. The number of fused-ring (bicyclic) bond motifs is 1. The van der Waals surface area contributed by atoms with Crippen LogP contribution in [0.2, 0.25) is 0 Å². The maximum Gasteiger partial charge on any atom is 0.134 e. The van der Waals surface area contributed by atoms with E-state index in [1.54, 1.807) is 0 Å². The Hall–Kier alpha value is -1.32. The molecule has 1 aromatic carbocycles. The third-order valence-corrected chi connectivity index (χ3v) is 3.81. The molecule has 0 fully saturated rings. The topological polar surface area (TPSA) is 34.4 Å². The molecule has 0 saturated carbocycles. The van der Waals surface area contributed by atoms with Gasteiger partial charge in [0.05, 0.1) is 12.6 Å². The van der Waals surface area contributed by atoms with Crippen LogP contribution in [0.25, 0.3) is 11.0 Å². The standard InChI is InChI=1S/C18H27NO2/c1-13(2)9-11-20-12-10-19-15(4)18-14(3)16-7-5-6-8-17(16)21-18/h5-8,13,15,19H,9-12H2,1-4H3. The van der Waals surface area contributed by atoms with E-state index >= 15 is 0 Å². The Balaban J connectivity index is 1.82. The Morgan fingerprint density at radius 3 is 2.62 bits per heavy atom. The number of nitrogens with one attached hydrogen (secondary N) is 1. The summed E-state index contributed by atoms with van der Waals surface area (Å²) < 4.78 is 11.6. The third-order valence-electron chi connectivity index (χ3n) is 3.81. The second kappa shape index (κ2) is 7.62. The molecule has 2 rings (SSSR count). The van der Waals surface area contributed by atoms with Crippen LogP contribution in [-0.4, -0.2) is 19.8 Å². The van der Waals surface area contributed by atoms with Crippen LogP contribution in [0.3, 0.4) is 0 Å². The molecule has 0 amide bonds. The van der Waals surface area contributed by atoms with Crippen LogP contribution in [0.15, 0.2) is 28.7 Å². The van der Waals surface area contributed by atoms with Gasteiger partial charge in [-0.2, -0.15) is 0 Å². The molecule has 0 aliphatic heterocycles. The minimum absolute atomic E-state index is 0.200. The van der Waals surface area contributed by atoms with Crippen LogP contribution in [0, 0.1) is 12.8 Å².